The second-order valence-corrected chi connectivity index (χ2v) is 5.97. The Hall–Kier alpha value is -3.22. The second-order valence-electron chi connectivity index (χ2n) is 5.97. The third-order valence-electron chi connectivity index (χ3n) is 4.17. The summed E-state index contributed by atoms with van der Waals surface area (Å²) in [4.78, 5) is 22.4. The molecule has 2 aromatic carbocycles. The number of benzene rings is 2. The Morgan fingerprint density at radius 3 is 2.69 bits per heavy atom. The summed E-state index contributed by atoms with van der Waals surface area (Å²) in [6.45, 7) is -0.344. The topological polar surface area (TPSA) is 93.8 Å². The maximum Gasteiger partial charge on any atom is 0.310 e. The first-order chi connectivity index (χ1) is 12.6. The molecule has 1 amide bonds. The number of nitro groups is 1. The SMILES string of the molecule is O=C(COc1ccccc1[N+](=O)[O-])N/N=C1/CCCCc2ccccc21. The van der Waals surface area contributed by atoms with E-state index in [0.717, 1.165) is 37.0 Å². The van der Waals surface area contributed by atoms with Crippen LogP contribution >= 0.6 is 0 Å². The standard InChI is InChI=1S/C19H19N3O4/c23-19(13-26-18-12-6-5-11-17(18)22(24)25)21-20-16-10-4-2-8-14-7-1-3-9-15(14)16/h1,3,5-7,9,11-12H,2,4,8,10,13H2,(H,21,23)/b20-16-. The average Bonchev–Trinajstić information content (AvgIpc) is 2.87. The van der Waals surface area contributed by atoms with E-state index < -0.39 is 10.8 Å². The van der Waals surface area contributed by atoms with Crippen LogP contribution < -0.4 is 10.2 Å². The van der Waals surface area contributed by atoms with Gasteiger partial charge in [-0.05, 0) is 37.3 Å². The van der Waals surface area contributed by atoms with Gasteiger partial charge >= 0.3 is 5.69 Å². The Balaban J connectivity index is 1.64. The van der Waals surface area contributed by atoms with Crippen molar-refractivity contribution in [3.05, 3.63) is 69.8 Å². The van der Waals surface area contributed by atoms with E-state index in [2.05, 4.69) is 16.6 Å². The lowest BCUT2D eigenvalue weighted by atomic mass is 10.0. The van der Waals surface area contributed by atoms with Crippen molar-refractivity contribution in [2.45, 2.75) is 25.7 Å². The summed E-state index contributed by atoms with van der Waals surface area (Å²) in [7, 11) is 0. The highest BCUT2D eigenvalue weighted by molar-refractivity contribution is 6.02. The van der Waals surface area contributed by atoms with E-state index in [0.29, 0.717) is 0 Å². The van der Waals surface area contributed by atoms with E-state index in [1.54, 1.807) is 12.1 Å². The highest BCUT2D eigenvalue weighted by Crippen LogP contribution is 2.25. The van der Waals surface area contributed by atoms with Gasteiger partial charge in [-0.1, -0.05) is 36.4 Å². The van der Waals surface area contributed by atoms with Crippen LogP contribution in [-0.2, 0) is 11.2 Å². The number of hydrazone groups is 1. The van der Waals surface area contributed by atoms with E-state index >= 15 is 0 Å². The molecule has 7 heteroatoms. The third kappa shape index (κ3) is 4.24. The lowest BCUT2D eigenvalue weighted by Crippen LogP contribution is -2.26. The summed E-state index contributed by atoms with van der Waals surface area (Å²) in [5.74, 6) is -0.405. The Labute approximate surface area is 150 Å². The van der Waals surface area contributed by atoms with Crippen molar-refractivity contribution in [1.82, 2.24) is 5.43 Å². The molecular weight excluding hydrogens is 334 g/mol. The van der Waals surface area contributed by atoms with Crippen molar-refractivity contribution >= 4 is 17.3 Å². The number of carbonyl (C=O) groups is 1. The van der Waals surface area contributed by atoms with Crippen molar-refractivity contribution < 1.29 is 14.5 Å². The van der Waals surface area contributed by atoms with Gasteiger partial charge in [0.2, 0.25) is 0 Å². The summed E-state index contributed by atoms with van der Waals surface area (Å²) in [5, 5.41) is 15.2. The minimum atomic E-state index is -0.546. The van der Waals surface area contributed by atoms with Crippen LogP contribution in [-0.4, -0.2) is 23.1 Å². The fraction of sp³-hybridized carbons (Fsp3) is 0.263. The number of fused-ring (bicyclic) bond motifs is 1. The zero-order valence-electron chi connectivity index (χ0n) is 14.2. The van der Waals surface area contributed by atoms with Gasteiger partial charge in [0.25, 0.3) is 5.91 Å². The number of para-hydroxylation sites is 2. The van der Waals surface area contributed by atoms with Crippen LogP contribution in [0.2, 0.25) is 0 Å². The molecule has 7 nitrogen and oxygen atoms in total. The van der Waals surface area contributed by atoms with E-state index in [1.165, 1.54) is 17.7 Å². The number of nitrogens with zero attached hydrogens (tertiary/aromatic N) is 2. The number of hydrogen-bond acceptors (Lipinski definition) is 5. The fourth-order valence-electron chi connectivity index (χ4n) is 2.91. The van der Waals surface area contributed by atoms with Gasteiger partial charge in [0.05, 0.1) is 10.6 Å². The van der Waals surface area contributed by atoms with Gasteiger partial charge in [0.15, 0.2) is 12.4 Å². The Morgan fingerprint density at radius 1 is 1.12 bits per heavy atom. The molecule has 3 rings (SSSR count). The van der Waals surface area contributed by atoms with Gasteiger partial charge in [-0.3, -0.25) is 14.9 Å². The molecule has 0 fully saturated rings. The summed E-state index contributed by atoms with van der Waals surface area (Å²) in [5.41, 5.74) is 5.45. The molecule has 2 aromatic rings. The number of nitrogens with one attached hydrogen (secondary N) is 1. The molecule has 0 saturated carbocycles. The van der Waals surface area contributed by atoms with Crippen LogP contribution in [0.3, 0.4) is 0 Å². The highest BCUT2D eigenvalue weighted by atomic mass is 16.6. The average molecular weight is 353 g/mol. The van der Waals surface area contributed by atoms with Gasteiger partial charge in [0, 0.05) is 11.6 Å². The molecule has 1 aliphatic rings. The number of amides is 1. The summed E-state index contributed by atoms with van der Waals surface area (Å²) in [6.07, 6.45) is 3.90. The molecule has 0 aliphatic heterocycles. The van der Waals surface area contributed by atoms with Crippen LogP contribution in [0.1, 0.15) is 30.4 Å². The zero-order chi connectivity index (χ0) is 18.4. The zero-order valence-corrected chi connectivity index (χ0v) is 14.2. The number of aryl methyl sites for hydroxylation is 1. The minimum absolute atomic E-state index is 0.0557. The molecule has 1 aliphatic carbocycles. The first-order valence-electron chi connectivity index (χ1n) is 8.45. The normalized spacial score (nSPS) is 15.0. The van der Waals surface area contributed by atoms with Crippen LogP contribution in [0.25, 0.3) is 0 Å². The molecule has 0 saturated heterocycles. The van der Waals surface area contributed by atoms with E-state index in [-0.39, 0.29) is 18.0 Å². The van der Waals surface area contributed by atoms with Gasteiger partial charge < -0.3 is 4.74 Å². The Bertz CT molecular complexity index is 848. The smallest absolute Gasteiger partial charge is 0.310 e. The molecule has 0 spiro atoms. The van der Waals surface area contributed by atoms with Gasteiger partial charge in [-0.15, -0.1) is 0 Å². The number of ether oxygens (including phenoxy) is 1. The van der Waals surface area contributed by atoms with Crippen molar-refractivity contribution in [2.24, 2.45) is 5.10 Å². The molecule has 0 bridgehead atoms. The molecule has 26 heavy (non-hydrogen) atoms. The quantitative estimate of drug-likeness (QED) is 0.507. The maximum absolute atomic E-state index is 12.0. The van der Waals surface area contributed by atoms with Crippen LogP contribution in [0.15, 0.2) is 53.6 Å². The predicted molar refractivity (Wildman–Crippen MR) is 97.3 cm³/mol. The molecule has 0 atom stereocenters. The van der Waals surface area contributed by atoms with Crippen LogP contribution in [0.4, 0.5) is 5.69 Å². The summed E-state index contributed by atoms with van der Waals surface area (Å²) >= 11 is 0. The van der Waals surface area contributed by atoms with Crippen LogP contribution in [0.5, 0.6) is 5.75 Å². The Morgan fingerprint density at radius 2 is 1.85 bits per heavy atom. The van der Waals surface area contributed by atoms with Gasteiger partial charge in [-0.25, -0.2) is 5.43 Å². The number of carbonyl (C=O) groups excluding carboxylic acids is 1. The van der Waals surface area contributed by atoms with Crippen LogP contribution in [0, 0.1) is 10.1 Å². The van der Waals surface area contributed by atoms with Crippen molar-refractivity contribution in [3.63, 3.8) is 0 Å². The van der Waals surface area contributed by atoms with E-state index in [4.69, 9.17) is 4.74 Å². The second kappa shape index (κ2) is 8.24. The van der Waals surface area contributed by atoms with Crippen molar-refractivity contribution in [3.8, 4) is 5.75 Å². The summed E-state index contributed by atoms with van der Waals surface area (Å²) < 4.78 is 5.27. The molecule has 0 aromatic heterocycles. The highest BCUT2D eigenvalue weighted by Gasteiger charge is 2.16. The number of hydrogen-bond donors (Lipinski definition) is 1. The van der Waals surface area contributed by atoms with Gasteiger partial charge in [0.1, 0.15) is 0 Å². The van der Waals surface area contributed by atoms with E-state index in [9.17, 15) is 14.9 Å². The van der Waals surface area contributed by atoms with Crippen molar-refractivity contribution in [2.75, 3.05) is 6.61 Å². The number of nitro benzene ring substituents is 1. The monoisotopic (exact) mass is 353 g/mol. The lowest BCUT2D eigenvalue weighted by molar-refractivity contribution is -0.385. The molecular formula is C19H19N3O4. The maximum atomic E-state index is 12.0. The van der Waals surface area contributed by atoms with E-state index in [1.807, 2.05) is 18.2 Å². The molecule has 134 valence electrons. The molecule has 0 heterocycles. The largest absolute Gasteiger partial charge is 0.477 e. The first-order valence-corrected chi connectivity index (χ1v) is 8.45. The minimum Gasteiger partial charge on any atom is -0.477 e. The summed E-state index contributed by atoms with van der Waals surface area (Å²) in [6, 6.07) is 14.0. The lowest BCUT2D eigenvalue weighted by Gasteiger charge is -2.09. The fourth-order valence-corrected chi connectivity index (χ4v) is 2.91. The molecule has 1 N–H and O–H groups in total. The Kier molecular flexibility index (Phi) is 5.58. The van der Waals surface area contributed by atoms with Gasteiger partial charge in [-0.2, -0.15) is 5.10 Å². The number of rotatable bonds is 5. The third-order valence-corrected chi connectivity index (χ3v) is 4.17. The predicted octanol–water partition coefficient (Wildman–Crippen LogP) is 3.22. The first kappa shape index (κ1) is 17.6. The van der Waals surface area contributed by atoms with Crippen molar-refractivity contribution in [1.29, 1.82) is 0 Å². The molecule has 0 unspecified atom stereocenters. The molecule has 0 radical (unpaired) electrons.